The van der Waals surface area contributed by atoms with Gasteiger partial charge in [-0.15, -0.1) is 0 Å². The first-order valence-corrected chi connectivity index (χ1v) is 8.28. The molecule has 0 unspecified atom stereocenters. The maximum absolute atomic E-state index is 12.3. The normalized spacial score (nSPS) is 11.7. The van der Waals surface area contributed by atoms with E-state index in [1.807, 2.05) is 13.8 Å². The first-order chi connectivity index (χ1) is 9.65. The molecule has 0 heterocycles. The molecule has 6 nitrogen and oxygen atoms in total. The van der Waals surface area contributed by atoms with Crippen molar-refractivity contribution in [1.29, 1.82) is 0 Å². The van der Waals surface area contributed by atoms with Crippen LogP contribution in [0.4, 0.5) is 5.69 Å². The summed E-state index contributed by atoms with van der Waals surface area (Å²) in [5.41, 5.74) is 7.40. The molecule has 0 aromatic heterocycles. The van der Waals surface area contributed by atoms with Gasteiger partial charge in [-0.25, -0.2) is 13.1 Å². The van der Waals surface area contributed by atoms with Gasteiger partial charge in [-0.1, -0.05) is 12.1 Å². The molecule has 0 aliphatic heterocycles. The Labute approximate surface area is 126 Å². The van der Waals surface area contributed by atoms with E-state index >= 15 is 0 Å². The molecule has 1 rings (SSSR count). The summed E-state index contributed by atoms with van der Waals surface area (Å²) in [7, 11) is -3.72. The summed E-state index contributed by atoms with van der Waals surface area (Å²) in [4.78, 5) is 11.6. The number of carbonyl (C=O) groups is 1. The number of hydrogen-bond donors (Lipinski definition) is 3. The van der Waals surface area contributed by atoms with Crippen LogP contribution in [0.2, 0.25) is 0 Å². The minimum atomic E-state index is -3.72. The lowest BCUT2D eigenvalue weighted by atomic mass is 10.1. The van der Waals surface area contributed by atoms with E-state index in [1.165, 1.54) is 0 Å². The summed E-state index contributed by atoms with van der Waals surface area (Å²) in [6, 6.07) is 3.52. The van der Waals surface area contributed by atoms with Gasteiger partial charge in [-0.2, -0.15) is 0 Å². The van der Waals surface area contributed by atoms with Crippen LogP contribution >= 0.6 is 0 Å². The molecule has 4 N–H and O–H groups in total. The second kappa shape index (κ2) is 6.91. The number of rotatable bonds is 6. The Hall–Kier alpha value is -1.60. The van der Waals surface area contributed by atoms with Gasteiger partial charge in [0.25, 0.3) is 0 Å². The number of anilines is 1. The van der Waals surface area contributed by atoms with Crippen LogP contribution in [0.5, 0.6) is 0 Å². The van der Waals surface area contributed by atoms with E-state index in [-0.39, 0.29) is 35.5 Å². The predicted molar refractivity (Wildman–Crippen MR) is 83.4 cm³/mol. The van der Waals surface area contributed by atoms with Gasteiger partial charge in [-0.05, 0) is 38.8 Å². The number of hydrogen-bond acceptors (Lipinski definition) is 4. The molecule has 0 fully saturated rings. The van der Waals surface area contributed by atoms with E-state index in [4.69, 9.17) is 5.73 Å². The second-order valence-corrected chi connectivity index (χ2v) is 7.02. The van der Waals surface area contributed by atoms with Gasteiger partial charge in [0.05, 0.1) is 5.69 Å². The molecular weight excluding hydrogens is 290 g/mol. The number of amides is 1. The highest BCUT2D eigenvalue weighted by molar-refractivity contribution is 7.89. The molecule has 7 heteroatoms. The number of aryl methyl sites for hydroxylation is 2. The fraction of sp³-hybridized carbons (Fsp3) is 0.500. The lowest BCUT2D eigenvalue weighted by Crippen LogP contribution is -2.34. The van der Waals surface area contributed by atoms with Gasteiger partial charge in [0.1, 0.15) is 4.90 Å². The van der Waals surface area contributed by atoms with Gasteiger partial charge < -0.3 is 11.1 Å². The third-order valence-corrected chi connectivity index (χ3v) is 4.64. The smallest absolute Gasteiger partial charge is 0.242 e. The number of nitrogen functional groups attached to an aromatic ring is 1. The zero-order valence-electron chi connectivity index (χ0n) is 12.9. The largest absolute Gasteiger partial charge is 0.397 e. The summed E-state index contributed by atoms with van der Waals surface area (Å²) in [6.45, 7) is 7.17. The SMILES string of the molecule is Cc1ccc(C)c(S(=O)(=O)NCCC(=O)NC(C)C)c1N. The van der Waals surface area contributed by atoms with E-state index in [2.05, 4.69) is 10.0 Å². The summed E-state index contributed by atoms with van der Waals surface area (Å²) < 4.78 is 27.0. The van der Waals surface area contributed by atoms with E-state index in [0.717, 1.165) is 0 Å². The van der Waals surface area contributed by atoms with Crippen LogP contribution in [0.3, 0.4) is 0 Å². The Kier molecular flexibility index (Phi) is 5.74. The Morgan fingerprint density at radius 3 is 2.38 bits per heavy atom. The summed E-state index contributed by atoms with van der Waals surface area (Å²) in [5.74, 6) is -0.193. The summed E-state index contributed by atoms with van der Waals surface area (Å²) in [5, 5.41) is 2.70. The highest BCUT2D eigenvalue weighted by atomic mass is 32.2. The van der Waals surface area contributed by atoms with E-state index in [0.29, 0.717) is 11.1 Å². The van der Waals surface area contributed by atoms with Crippen LogP contribution in [0.1, 0.15) is 31.4 Å². The third kappa shape index (κ3) is 4.71. The quantitative estimate of drug-likeness (QED) is 0.684. The molecule has 0 spiro atoms. The van der Waals surface area contributed by atoms with Gasteiger partial charge in [-0.3, -0.25) is 4.79 Å². The van der Waals surface area contributed by atoms with Crippen LogP contribution in [0.25, 0.3) is 0 Å². The van der Waals surface area contributed by atoms with Crippen molar-refractivity contribution < 1.29 is 13.2 Å². The van der Waals surface area contributed by atoms with Crippen LogP contribution in [0, 0.1) is 13.8 Å². The van der Waals surface area contributed by atoms with Crippen molar-refractivity contribution in [3.8, 4) is 0 Å². The first-order valence-electron chi connectivity index (χ1n) is 6.80. The first kappa shape index (κ1) is 17.5. The fourth-order valence-corrected chi connectivity index (χ4v) is 3.39. The number of nitrogens with one attached hydrogen (secondary N) is 2. The minimum absolute atomic E-state index is 0.0313. The maximum Gasteiger partial charge on any atom is 0.242 e. The molecule has 0 aliphatic carbocycles. The molecule has 21 heavy (non-hydrogen) atoms. The van der Waals surface area contributed by atoms with Gasteiger partial charge in [0.2, 0.25) is 15.9 Å². The Bertz CT molecular complexity index is 625. The molecule has 0 aliphatic rings. The van der Waals surface area contributed by atoms with Crippen molar-refractivity contribution in [2.75, 3.05) is 12.3 Å². The van der Waals surface area contributed by atoms with Crippen molar-refractivity contribution in [2.24, 2.45) is 0 Å². The third-order valence-electron chi connectivity index (χ3n) is 2.97. The highest BCUT2D eigenvalue weighted by Gasteiger charge is 2.21. The molecule has 1 amide bonds. The average Bonchev–Trinajstić information content (AvgIpc) is 2.32. The van der Waals surface area contributed by atoms with Gasteiger partial charge in [0, 0.05) is 19.0 Å². The molecule has 0 saturated heterocycles. The second-order valence-electron chi connectivity index (χ2n) is 5.31. The molecule has 1 aromatic carbocycles. The van der Waals surface area contributed by atoms with Gasteiger partial charge >= 0.3 is 0 Å². The fourth-order valence-electron chi connectivity index (χ4n) is 1.93. The van der Waals surface area contributed by atoms with Crippen LogP contribution in [0.15, 0.2) is 17.0 Å². The molecule has 0 saturated carbocycles. The molecular formula is C14H23N3O3S. The number of benzene rings is 1. The van der Waals surface area contributed by atoms with Crippen molar-refractivity contribution >= 4 is 21.6 Å². The molecule has 0 radical (unpaired) electrons. The molecule has 1 aromatic rings. The van der Waals surface area contributed by atoms with Gasteiger partial charge in [0.15, 0.2) is 0 Å². The zero-order chi connectivity index (χ0) is 16.2. The van der Waals surface area contributed by atoms with Crippen molar-refractivity contribution in [2.45, 2.75) is 45.1 Å². The summed E-state index contributed by atoms with van der Waals surface area (Å²) >= 11 is 0. The van der Waals surface area contributed by atoms with E-state index in [9.17, 15) is 13.2 Å². The standard InChI is InChI=1S/C14H23N3O3S/c1-9(2)17-12(18)7-8-16-21(19,20)14-11(4)6-5-10(3)13(14)15/h5-6,9,16H,7-8,15H2,1-4H3,(H,17,18). The monoisotopic (exact) mass is 313 g/mol. The van der Waals surface area contributed by atoms with Crippen LogP contribution in [-0.2, 0) is 14.8 Å². The lowest BCUT2D eigenvalue weighted by molar-refractivity contribution is -0.121. The topological polar surface area (TPSA) is 101 Å². The molecule has 118 valence electrons. The lowest BCUT2D eigenvalue weighted by Gasteiger charge is -2.14. The average molecular weight is 313 g/mol. The van der Waals surface area contributed by atoms with Crippen LogP contribution in [-0.4, -0.2) is 26.9 Å². The Balaban J connectivity index is 2.80. The van der Waals surface area contributed by atoms with E-state index in [1.54, 1.807) is 26.0 Å². The van der Waals surface area contributed by atoms with Crippen LogP contribution < -0.4 is 15.8 Å². The maximum atomic E-state index is 12.3. The number of carbonyl (C=O) groups excluding carboxylic acids is 1. The molecule has 0 atom stereocenters. The summed E-state index contributed by atoms with van der Waals surface area (Å²) in [6.07, 6.45) is 0.0855. The van der Waals surface area contributed by atoms with Crippen molar-refractivity contribution in [1.82, 2.24) is 10.0 Å². The van der Waals surface area contributed by atoms with E-state index < -0.39 is 10.0 Å². The Morgan fingerprint density at radius 1 is 1.24 bits per heavy atom. The number of nitrogens with two attached hydrogens (primary N) is 1. The zero-order valence-corrected chi connectivity index (χ0v) is 13.7. The van der Waals surface area contributed by atoms with Crippen molar-refractivity contribution in [3.05, 3.63) is 23.3 Å². The minimum Gasteiger partial charge on any atom is -0.397 e. The molecule has 0 bridgehead atoms. The Morgan fingerprint density at radius 2 is 1.81 bits per heavy atom. The number of sulfonamides is 1. The predicted octanol–water partition coefficient (Wildman–Crippen LogP) is 1.08. The highest BCUT2D eigenvalue weighted by Crippen LogP contribution is 2.25. The van der Waals surface area contributed by atoms with Crippen molar-refractivity contribution in [3.63, 3.8) is 0 Å².